The summed E-state index contributed by atoms with van der Waals surface area (Å²) >= 11 is 0. The first-order valence-corrected chi connectivity index (χ1v) is 9.43. The van der Waals surface area contributed by atoms with E-state index in [1.165, 1.54) is 11.6 Å². The number of aliphatic imine (C=N–C) groups is 1. The van der Waals surface area contributed by atoms with Gasteiger partial charge in [-0.2, -0.15) is 0 Å². The number of halogens is 2. The highest BCUT2D eigenvalue weighted by atomic mass is 127. The van der Waals surface area contributed by atoms with Gasteiger partial charge >= 0.3 is 0 Å². The first kappa shape index (κ1) is 25.2. The minimum Gasteiger partial charge on any atom is -0.496 e. The standard InChI is InChI=1S/C22H31FN4O.HI/c1-16-6-9-21(28-5)18(12-16)10-11-25-22(24-2)26-14-17-7-8-20(23)19(13-17)15-27(3)4;/h6-9,12-13H,10-11,14-15H2,1-5H3,(H2,24,25,26);1H. The molecule has 0 unspecified atom stereocenters. The van der Waals surface area contributed by atoms with Gasteiger partial charge in [0.05, 0.1) is 7.11 Å². The van der Waals surface area contributed by atoms with Gasteiger partial charge < -0.3 is 20.3 Å². The minimum absolute atomic E-state index is 0. The van der Waals surface area contributed by atoms with Gasteiger partial charge in [0, 0.05) is 32.2 Å². The number of hydrogen-bond donors (Lipinski definition) is 2. The van der Waals surface area contributed by atoms with E-state index in [-0.39, 0.29) is 29.8 Å². The van der Waals surface area contributed by atoms with E-state index in [4.69, 9.17) is 4.74 Å². The van der Waals surface area contributed by atoms with E-state index >= 15 is 0 Å². The SMILES string of the molecule is CN=C(NCCc1cc(C)ccc1OC)NCc1ccc(F)c(CN(C)C)c1.I. The molecule has 2 rings (SSSR count). The molecule has 0 fully saturated rings. The van der Waals surface area contributed by atoms with Crippen LogP contribution in [0.5, 0.6) is 5.75 Å². The third-order valence-electron chi connectivity index (χ3n) is 4.40. The second-order valence-electron chi connectivity index (χ2n) is 7.08. The molecule has 0 amide bonds. The van der Waals surface area contributed by atoms with Crippen molar-refractivity contribution < 1.29 is 9.13 Å². The molecule has 0 saturated carbocycles. The molecule has 0 aliphatic rings. The van der Waals surface area contributed by atoms with Gasteiger partial charge in [-0.1, -0.05) is 23.8 Å². The lowest BCUT2D eigenvalue weighted by atomic mass is 10.1. The molecule has 0 aliphatic carbocycles. The zero-order valence-corrected chi connectivity index (χ0v) is 20.2. The largest absolute Gasteiger partial charge is 0.496 e. The smallest absolute Gasteiger partial charge is 0.191 e. The van der Waals surface area contributed by atoms with E-state index in [1.807, 2.05) is 37.2 Å². The topological polar surface area (TPSA) is 48.9 Å². The Hall–Kier alpha value is -1.87. The average Bonchev–Trinajstić information content (AvgIpc) is 2.66. The van der Waals surface area contributed by atoms with E-state index in [2.05, 4.69) is 28.6 Å². The summed E-state index contributed by atoms with van der Waals surface area (Å²) in [6, 6.07) is 11.4. The fourth-order valence-electron chi connectivity index (χ4n) is 3.02. The molecule has 0 aromatic heterocycles. The number of hydrogen-bond acceptors (Lipinski definition) is 3. The fourth-order valence-corrected chi connectivity index (χ4v) is 3.02. The van der Waals surface area contributed by atoms with Crippen LogP contribution in [0.3, 0.4) is 0 Å². The highest BCUT2D eigenvalue weighted by Gasteiger charge is 2.07. The van der Waals surface area contributed by atoms with Crippen LogP contribution >= 0.6 is 24.0 Å². The van der Waals surface area contributed by atoms with E-state index < -0.39 is 0 Å². The Kier molecular flexibility index (Phi) is 11.0. The lowest BCUT2D eigenvalue weighted by Gasteiger charge is -2.15. The van der Waals surface area contributed by atoms with E-state index in [1.54, 1.807) is 20.2 Å². The summed E-state index contributed by atoms with van der Waals surface area (Å²) < 4.78 is 19.3. The van der Waals surface area contributed by atoms with E-state index in [0.29, 0.717) is 24.6 Å². The maximum Gasteiger partial charge on any atom is 0.191 e. The molecule has 0 saturated heterocycles. The number of nitrogens with zero attached hydrogens (tertiary/aromatic N) is 2. The Morgan fingerprint density at radius 2 is 1.86 bits per heavy atom. The quantitative estimate of drug-likeness (QED) is 0.320. The van der Waals surface area contributed by atoms with Crippen LogP contribution in [0.1, 0.15) is 22.3 Å². The predicted octanol–water partition coefficient (Wildman–Crippen LogP) is 3.73. The van der Waals surface area contributed by atoms with Gasteiger partial charge in [0.2, 0.25) is 0 Å². The van der Waals surface area contributed by atoms with E-state index in [0.717, 1.165) is 29.8 Å². The third kappa shape index (κ3) is 8.18. The predicted molar refractivity (Wildman–Crippen MR) is 129 cm³/mol. The highest BCUT2D eigenvalue weighted by molar-refractivity contribution is 14.0. The van der Waals surface area contributed by atoms with Gasteiger partial charge in [0.1, 0.15) is 11.6 Å². The molecule has 0 heterocycles. The van der Waals surface area contributed by atoms with Crippen LogP contribution in [0.15, 0.2) is 41.4 Å². The summed E-state index contributed by atoms with van der Waals surface area (Å²) in [7, 11) is 7.29. The van der Waals surface area contributed by atoms with Crippen molar-refractivity contribution in [3.8, 4) is 5.75 Å². The Labute approximate surface area is 190 Å². The Bertz CT molecular complexity index is 811. The molecule has 7 heteroatoms. The van der Waals surface area contributed by atoms with Gasteiger partial charge in [-0.05, 0) is 56.8 Å². The number of guanidine groups is 1. The number of nitrogens with one attached hydrogen (secondary N) is 2. The summed E-state index contributed by atoms with van der Waals surface area (Å²) in [5, 5.41) is 6.60. The van der Waals surface area contributed by atoms with Crippen molar-refractivity contribution in [2.75, 3.05) is 34.8 Å². The summed E-state index contributed by atoms with van der Waals surface area (Å²) in [4.78, 5) is 6.22. The van der Waals surface area contributed by atoms with Crippen LogP contribution in [0, 0.1) is 12.7 Å². The number of benzene rings is 2. The molecule has 5 nitrogen and oxygen atoms in total. The number of rotatable bonds is 8. The van der Waals surface area contributed by atoms with Crippen LogP contribution in [0.4, 0.5) is 4.39 Å². The molecular formula is C22H32FIN4O. The zero-order valence-electron chi connectivity index (χ0n) is 17.9. The summed E-state index contributed by atoms with van der Waals surface area (Å²) in [6.07, 6.45) is 0.828. The maximum atomic E-state index is 13.9. The van der Waals surface area contributed by atoms with Crippen molar-refractivity contribution in [1.82, 2.24) is 15.5 Å². The molecule has 2 aromatic carbocycles. The van der Waals surface area contributed by atoms with Crippen molar-refractivity contribution in [2.24, 2.45) is 4.99 Å². The molecule has 2 N–H and O–H groups in total. The minimum atomic E-state index is -0.174. The van der Waals surface area contributed by atoms with Crippen LogP contribution in [0.25, 0.3) is 0 Å². The number of ether oxygens (including phenoxy) is 1. The highest BCUT2D eigenvalue weighted by Crippen LogP contribution is 2.19. The second-order valence-corrected chi connectivity index (χ2v) is 7.08. The number of aryl methyl sites for hydroxylation is 1. The van der Waals surface area contributed by atoms with Gasteiger partial charge in [-0.15, -0.1) is 24.0 Å². The fraction of sp³-hybridized carbons (Fsp3) is 0.409. The molecule has 0 bridgehead atoms. The Balaban J connectivity index is 0.00000420. The molecule has 0 aliphatic heterocycles. The lowest BCUT2D eigenvalue weighted by molar-refractivity contribution is 0.392. The average molecular weight is 514 g/mol. The van der Waals surface area contributed by atoms with Crippen LogP contribution in [-0.2, 0) is 19.5 Å². The molecule has 0 radical (unpaired) electrons. The normalized spacial score (nSPS) is 11.2. The van der Waals surface area contributed by atoms with Crippen LogP contribution < -0.4 is 15.4 Å². The van der Waals surface area contributed by atoms with Gasteiger partial charge in [-0.25, -0.2) is 4.39 Å². The molecule has 2 aromatic rings. The van der Waals surface area contributed by atoms with Crippen LogP contribution in [-0.4, -0.2) is 45.7 Å². The first-order chi connectivity index (χ1) is 13.4. The zero-order chi connectivity index (χ0) is 20.5. The van der Waals surface area contributed by atoms with Crippen molar-refractivity contribution in [3.05, 3.63) is 64.5 Å². The van der Waals surface area contributed by atoms with Gasteiger partial charge in [0.25, 0.3) is 0 Å². The number of methoxy groups -OCH3 is 1. The maximum absolute atomic E-state index is 13.9. The Morgan fingerprint density at radius 3 is 2.52 bits per heavy atom. The molecule has 160 valence electrons. The van der Waals surface area contributed by atoms with Crippen molar-refractivity contribution >= 4 is 29.9 Å². The van der Waals surface area contributed by atoms with Gasteiger partial charge in [0.15, 0.2) is 5.96 Å². The molecule has 0 atom stereocenters. The van der Waals surface area contributed by atoms with Gasteiger partial charge in [-0.3, -0.25) is 4.99 Å². The molecule has 0 spiro atoms. The second kappa shape index (κ2) is 12.6. The summed E-state index contributed by atoms with van der Waals surface area (Å²) in [5.74, 6) is 1.44. The first-order valence-electron chi connectivity index (χ1n) is 9.43. The molecular weight excluding hydrogens is 482 g/mol. The lowest BCUT2D eigenvalue weighted by Crippen LogP contribution is -2.37. The Morgan fingerprint density at radius 1 is 1.10 bits per heavy atom. The van der Waals surface area contributed by atoms with Crippen molar-refractivity contribution in [1.29, 1.82) is 0 Å². The summed E-state index contributed by atoms with van der Waals surface area (Å²) in [6.45, 7) is 3.96. The molecule has 29 heavy (non-hydrogen) atoms. The van der Waals surface area contributed by atoms with Crippen LogP contribution in [0.2, 0.25) is 0 Å². The monoisotopic (exact) mass is 514 g/mol. The van der Waals surface area contributed by atoms with Crippen molar-refractivity contribution in [2.45, 2.75) is 26.4 Å². The third-order valence-corrected chi connectivity index (χ3v) is 4.40. The summed E-state index contributed by atoms with van der Waals surface area (Å²) in [5.41, 5.74) is 4.08. The van der Waals surface area contributed by atoms with Crippen molar-refractivity contribution in [3.63, 3.8) is 0 Å². The van der Waals surface area contributed by atoms with E-state index in [9.17, 15) is 4.39 Å².